The van der Waals surface area contributed by atoms with Gasteiger partial charge >= 0.3 is 0 Å². The smallest absolute Gasteiger partial charge is 0.129 e. The van der Waals surface area contributed by atoms with Crippen LogP contribution in [0.15, 0.2) is 36.4 Å². The number of allylic oxidation sites excluding steroid dienone is 1. The lowest BCUT2D eigenvalue weighted by Gasteiger charge is -2.09. The van der Waals surface area contributed by atoms with Gasteiger partial charge in [0, 0.05) is 19.0 Å². The Morgan fingerprint density at radius 3 is 2.71 bits per heavy atom. The number of carbonyl (C=O) groups is 1. The largest absolute Gasteiger partial charge is 0.384 e. The lowest BCUT2D eigenvalue weighted by Crippen LogP contribution is -2.14. The summed E-state index contributed by atoms with van der Waals surface area (Å²) < 4.78 is 0. The molecule has 0 aliphatic heterocycles. The molecule has 1 aromatic carbocycles. The van der Waals surface area contributed by atoms with E-state index in [1.54, 1.807) is 6.92 Å². The predicted octanol–water partition coefficient (Wildman–Crippen LogP) is 2.51. The van der Waals surface area contributed by atoms with E-state index in [2.05, 4.69) is 5.32 Å². The van der Waals surface area contributed by atoms with Gasteiger partial charge in [-0.1, -0.05) is 30.3 Å². The quantitative estimate of drug-likeness (QED) is 0.601. The zero-order chi connectivity index (χ0) is 12.5. The summed E-state index contributed by atoms with van der Waals surface area (Å²) in [6.07, 6.45) is 2.84. The van der Waals surface area contributed by atoms with Crippen molar-refractivity contribution in [3.63, 3.8) is 0 Å². The monoisotopic (exact) mass is 228 g/mol. The summed E-state index contributed by atoms with van der Waals surface area (Å²) >= 11 is 0. The molecule has 1 aromatic rings. The Labute approximate surface area is 102 Å². The van der Waals surface area contributed by atoms with Crippen molar-refractivity contribution in [1.82, 2.24) is 5.32 Å². The second-order valence-corrected chi connectivity index (χ2v) is 3.79. The number of benzene rings is 1. The van der Waals surface area contributed by atoms with Crippen LogP contribution in [0.4, 0.5) is 0 Å². The number of Topliss-reactive ketones (excluding diaryl/α,β-unsaturated/α-hetero) is 1. The molecule has 0 radical (unpaired) electrons. The Bertz CT molecular complexity index is 429. The first-order chi connectivity index (χ1) is 8.24. The molecule has 0 heterocycles. The van der Waals surface area contributed by atoms with Gasteiger partial charge in [0.25, 0.3) is 0 Å². The van der Waals surface area contributed by atoms with Crippen molar-refractivity contribution in [2.75, 3.05) is 6.54 Å². The number of nitrogens with one attached hydrogen (secondary N) is 1. The molecule has 0 bridgehead atoms. The highest BCUT2D eigenvalue weighted by Gasteiger charge is 2.00. The Hall–Kier alpha value is -2.08. The highest BCUT2D eigenvalue weighted by atomic mass is 16.1. The first-order valence-electron chi connectivity index (χ1n) is 5.62. The SMILES string of the molecule is CC(=O)CCCN/C(=C\C#N)c1ccccc1. The molecule has 3 nitrogen and oxygen atoms in total. The van der Waals surface area contributed by atoms with Crippen molar-refractivity contribution in [2.24, 2.45) is 0 Å². The van der Waals surface area contributed by atoms with E-state index < -0.39 is 0 Å². The first-order valence-corrected chi connectivity index (χ1v) is 5.62. The second kappa shape index (κ2) is 7.24. The highest BCUT2D eigenvalue weighted by molar-refractivity contribution is 5.75. The minimum atomic E-state index is 0.192. The average molecular weight is 228 g/mol. The van der Waals surface area contributed by atoms with E-state index in [1.807, 2.05) is 36.4 Å². The number of nitriles is 1. The number of nitrogens with zero attached hydrogens (tertiary/aromatic N) is 1. The molecule has 1 N–H and O–H groups in total. The zero-order valence-corrected chi connectivity index (χ0v) is 9.94. The third-order valence-corrected chi connectivity index (χ3v) is 2.31. The van der Waals surface area contributed by atoms with Crippen molar-refractivity contribution < 1.29 is 4.79 Å². The third kappa shape index (κ3) is 4.98. The Morgan fingerprint density at radius 2 is 2.12 bits per heavy atom. The molecule has 0 saturated heterocycles. The average Bonchev–Trinajstić information content (AvgIpc) is 2.34. The maximum absolute atomic E-state index is 10.8. The standard InChI is InChI=1S/C14H16N2O/c1-12(17)6-5-11-16-14(9-10-15)13-7-3-2-4-8-13/h2-4,7-9,16H,5-6,11H2,1H3/b14-9-. The number of ketones is 1. The van der Waals surface area contributed by atoms with Crippen LogP contribution in [0.25, 0.3) is 5.70 Å². The van der Waals surface area contributed by atoms with Gasteiger partial charge in [0.1, 0.15) is 5.78 Å². The van der Waals surface area contributed by atoms with Gasteiger partial charge in [-0.2, -0.15) is 5.26 Å². The second-order valence-electron chi connectivity index (χ2n) is 3.79. The van der Waals surface area contributed by atoms with Gasteiger partial charge < -0.3 is 10.1 Å². The fraction of sp³-hybridized carbons (Fsp3) is 0.286. The predicted molar refractivity (Wildman–Crippen MR) is 67.9 cm³/mol. The van der Waals surface area contributed by atoms with Crippen molar-refractivity contribution in [2.45, 2.75) is 19.8 Å². The molecule has 3 heteroatoms. The van der Waals surface area contributed by atoms with Gasteiger partial charge in [-0.15, -0.1) is 0 Å². The lowest BCUT2D eigenvalue weighted by atomic mass is 10.1. The molecule has 0 aromatic heterocycles. The molecular weight excluding hydrogens is 212 g/mol. The van der Waals surface area contributed by atoms with Gasteiger partial charge in [-0.25, -0.2) is 0 Å². The van der Waals surface area contributed by atoms with E-state index in [4.69, 9.17) is 5.26 Å². The maximum Gasteiger partial charge on any atom is 0.129 e. The van der Waals surface area contributed by atoms with Crippen molar-refractivity contribution >= 4 is 11.5 Å². The van der Waals surface area contributed by atoms with E-state index in [0.29, 0.717) is 13.0 Å². The molecule has 1 rings (SSSR count). The van der Waals surface area contributed by atoms with Crippen LogP contribution in [0, 0.1) is 11.3 Å². The lowest BCUT2D eigenvalue weighted by molar-refractivity contribution is -0.117. The maximum atomic E-state index is 10.8. The third-order valence-electron chi connectivity index (χ3n) is 2.31. The van der Waals surface area contributed by atoms with E-state index in [-0.39, 0.29) is 5.78 Å². The molecule has 0 amide bonds. The summed E-state index contributed by atoms with van der Waals surface area (Å²) in [4.78, 5) is 10.8. The van der Waals surface area contributed by atoms with Crippen LogP contribution in [0.2, 0.25) is 0 Å². The number of rotatable bonds is 6. The Kier molecular flexibility index (Phi) is 5.53. The molecule has 0 spiro atoms. The van der Waals surface area contributed by atoms with Gasteiger partial charge in [-0.3, -0.25) is 0 Å². The topological polar surface area (TPSA) is 52.9 Å². The fourth-order valence-electron chi connectivity index (χ4n) is 1.48. The van der Waals surface area contributed by atoms with Gasteiger partial charge in [0.2, 0.25) is 0 Å². The van der Waals surface area contributed by atoms with Crippen molar-refractivity contribution in [1.29, 1.82) is 5.26 Å². The van der Waals surface area contributed by atoms with Crippen LogP contribution in [0.5, 0.6) is 0 Å². The number of carbonyl (C=O) groups excluding carboxylic acids is 1. The van der Waals surface area contributed by atoms with E-state index >= 15 is 0 Å². The molecule has 0 unspecified atom stereocenters. The summed E-state index contributed by atoms with van der Waals surface area (Å²) in [5, 5.41) is 11.9. The summed E-state index contributed by atoms with van der Waals surface area (Å²) in [5.41, 5.74) is 1.79. The number of hydrogen-bond acceptors (Lipinski definition) is 3. The fourth-order valence-corrected chi connectivity index (χ4v) is 1.48. The molecule has 17 heavy (non-hydrogen) atoms. The summed E-state index contributed by atoms with van der Waals surface area (Å²) in [6.45, 7) is 2.28. The minimum Gasteiger partial charge on any atom is -0.384 e. The van der Waals surface area contributed by atoms with E-state index in [9.17, 15) is 4.79 Å². The van der Waals surface area contributed by atoms with Gasteiger partial charge in [0.05, 0.1) is 11.8 Å². The Balaban J connectivity index is 2.55. The molecule has 0 saturated carbocycles. The molecule has 0 aliphatic carbocycles. The minimum absolute atomic E-state index is 0.192. The van der Waals surface area contributed by atoms with Crippen LogP contribution in [-0.2, 0) is 4.79 Å². The highest BCUT2D eigenvalue weighted by Crippen LogP contribution is 2.10. The molecular formula is C14H16N2O. The normalized spacial score (nSPS) is 10.7. The molecule has 0 atom stereocenters. The van der Waals surface area contributed by atoms with Gasteiger partial charge in [-0.05, 0) is 18.9 Å². The van der Waals surface area contributed by atoms with Crippen molar-refractivity contribution in [3.8, 4) is 6.07 Å². The van der Waals surface area contributed by atoms with Crippen molar-refractivity contribution in [3.05, 3.63) is 42.0 Å². The molecule has 0 aliphatic rings. The summed E-state index contributed by atoms with van der Waals surface area (Å²) in [7, 11) is 0. The summed E-state index contributed by atoms with van der Waals surface area (Å²) in [5.74, 6) is 0.192. The van der Waals surface area contributed by atoms with Crippen LogP contribution in [-0.4, -0.2) is 12.3 Å². The van der Waals surface area contributed by atoms with E-state index in [1.165, 1.54) is 6.08 Å². The van der Waals surface area contributed by atoms with Crippen LogP contribution in [0.1, 0.15) is 25.3 Å². The van der Waals surface area contributed by atoms with E-state index in [0.717, 1.165) is 17.7 Å². The molecule has 0 fully saturated rings. The Morgan fingerprint density at radius 1 is 1.41 bits per heavy atom. The van der Waals surface area contributed by atoms with Crippen LogP contribution >= 0.6 is 0 Å². The zero-order valence-electron chi connectivity index (χ0n) is 9.94. The summed E-state index contributed by atoms with van der Waals surface area (Å²) in [6, 6.07) is 11.7. The first kappa shape index (κ1) is 13.0. The molecule has 88 valence electrons. The van der Waals surface area contributed by atoms with Crippen LogP contribution in [0.3, 0.4) is 0 Å². The van der Waals surface area contributed by atoms with Crippen LogP contribution < -0.4 is 5.32 Å². The van der Waals surface area contributed by atoms with Gasteiger partial charge in [0.15, 0.2) is 0 Å². The number of hydrogen-bond donors (Lipinski definition) is 1.